The Morgan fingerprint density at radius 2 is 1.96 bits per heavy atom. The number of aryl methyl sites for hydroxylation is 2. The van der Waals surface area contributed by atoms with Crippen molar-refractivity contribution in [1.29, 1.82) is 0 Å². The van der Waals surface area contributed by atoms with Gasteiger partial charge in [0, 0.05) is 38.3 Å². The second-order valence-electron chi connectivity index (χ2n) is 7.33. The molecule has 3 heterocycles. The van der Waals surface area contributed by atoms with Crippen LogP contribution in [0.15, 0.2) is 10.7 Å². The predicted octanol–water partition coefficient (Wildman–Crippen LogP) is 1.95. The quantitative estimate of drug-likeness (QED) is 0.876. The molecule has 1 aliphatic heterocycles. The first-order chi connectivity index (χ1) is 13.0. The van der Waals surface area contributed by atoms with E-state index in [0.29, 0.717) is 24.9 Å². The van der Waals surface area contributed by atoms with Gasteiger partial charge in [0.1, 0.15) is 11.9 Å². The van der Waals surface area contributed by atoms with E-state index in [4.69, 9.17) is 4.52 Å². The Balaban J connectivity index is 1.32. The van der Waals surface area contributed by atoms with Crippen molar-refractivity contribution in [2.24, 2.45) is 0 Å². The molecule has 0 aromatic carbocycles. The van der Waals surface area contributed by atoms with Gasteiger partial charge in [-0.3, -0.25) is 4.98 Å². The highest BCUT2D eigenvalue weighted by molar-refractivity contribution is 5.75. The highest BCUT2D eigenvalue weighted by atomic mass is 16.5. The molecule has 27 heavy (non-hydrogen) atoms. The molecule has 1 saturated carbocycles. The van der Waals surface area contributed by atoms with E-state index in [0.717, 1.165) is 49.0 Å². The fourth-order valence-electron chi connectivity index (χ4n) is 3.21. The minimum absolute atomic E-state index is 0.111. The molecule has 2 amide bonds. The second-order valence-corrected chi connectivity index (χ2v) is 7.33. The standard InChI is InChI=1S/C18H25N7O2/c1-11-10-19-12(2)16(20-11)24-6-8-25(9-7-24)18(26)21-13(3)17-22-15(23-27-17)14-4-5-14/h10,13-14H,4-9H2,1-3H3,(H,21,26)/t13-/m1/s1. The van der Waals surface area contributed by atoms with Crippen LogP contribution >= 0.6 is 0 Å². The highest BCUT2D eigenvalue weighted by Gasteiger charge is 2.30. The first-order valence-electron chi connectivity index (χ1n) is 9.45. The van der Waals surface area contributed by atoms with E-state index in [1.54, 1.807) is 6.20 Å². The van der Waals surface area contributed by atoms with E-state index >= 15 is 0 Å². The number of carbonyl (C=O) groups excluding carboxylic acids is 1. The smallest absolute Gasteiger partial charge is 0.318 e. The van der Waals surface area contributed by atoms with Crippen LogP contribution < -0.4 is 10.2 Å². The Morgan fingerprint density at radius 3 is 2.67 bits per heavy atom. The molecule has 1 N–H and O–H groups in total. The number of amides is 2. The van der Waals surface area contributed by atoms with E-state index < -0.39 is 0 Å². The van der Waals surface area contributed by atoms with E-state index in [1.165, 1.54) is 0 Å². The lowest BCUT2D eigenvalue weighted by molar-refractivity contribution is 0.188. The zero-order valence-corrected chi connectivity index (χ0v) is 16.0. The van der Waals surface area contributed by atoms with Gasteiger partial charge in [0.2, 0.25) is 5.89 Å². The third-order valence-corrected chi connectivity index (χ3v) is 5.03. The molecule has 9 heteroatoms. The third kappa shape index (κ3) is 3.86. The topological polar surface area (TPSA) is 100 Å². The largest absolute Gasteiger partial charge is 0.352 e. The molecule has 2 aliphatic rings. The normalized spacial score (nSPS) is 18.5. The summed E-state index contributed by atoms with van der Waals surface area (Å²) in [6, 6.07) is -0.416. The van der Waals surface area contributed by atoms with Gasteiger partial charge in [0.15, 0.2) is 5.82 Å². The number of aromatic nitrogens is 4. The molecule has 1 atom stereocenters. The monoisotopic (exact) mass is 371 g/mol. The molecule has 0 radical (unpaired) electrons. The zero-order valence-electron chi connectivity index (χ0n) is 16.0. The number of nitrogens with zero attached hydrogens (tertiary/aromatic N) is 6. The molecule has 0 bridgehead atoms. The third-order valence-electron chi connectivity index (χ3n) is 5.03. The summed E-state index contributed by atoms with van der Waals surface area (Å²) in [6.45, 7) is 8.48. The SMILES string of the molecule is Cc1cnc(C)c(N2CCN(C(=O)N[C@H](C)c3nc(C4CC4)no3)CC2)n1. The minimum atomic E-state index is -0.305. The van der Waals surface area contributed by atoms with Crippen molar-refractivity contribution in [1.82, 2.24) is 30.3 Å². The highest BCUT2D eigenvalue weighted by Crippen LogP contribution is 2.38. The van der Waals surface area contributed by atoms with Gasteiger partial charge in [0.25, 0.3) is 0 Å². The van der Waals surface area contributed by atoms with Crippen LogP contribution in [0.5, 0.6) is 0 Å². The number of hydrogen-bond acceptors (Lipinski definition) is 7. The van der Waals surface area contributed by atoms with Crippen LogP contribution in [-0.2, 0) is 0 Å². The second kappa shape index (κ2) is 7.13. The lowest BCUT2D eigenvalue weighted by atomic mass is 10.3. The van der Waals surface area contributed by atoms with Crippen molar-refractivity contribution in [2.45, 2.75) is 45.6 Å². The van der Waals surface area contributed by atoms with E-state index in [-0.39, 0.29) is 12.1 Å². The Morgan fingerprint density at radius 1 is 1.22 bits per heavy atom. The number of rotatable bonds is 4. The lowest BCUT2D eigenvalue weighted by Gasteiger charge is -2.36. The molecule has 2 aromatic heterocycles. The Bertz CT molecular complexity index is 825. The van der Waals surface area contributed by atoms with Crippen molar-refractivity contribution in [2.75, 3.05) is 31.1 Å². The van der Waals surface area contributed by atoms with Crippen LogP contribution in [0.1, 0.15) is 54.8 Å². The van der Waals surface area contributed by atoms with E-state index in [1.807, 2.05) is 25.7 Å². The summed E-state index contributed by atoms with van der Waals surface area (Å²) >= 11 is 0. The van der Waals surface area contributed by atoms with Crippen LogP contribution in [0.2, 0.25) is 0 Å². The summed E-state index contributed by atoms with van der Waals surface area (Å²) in [5.41, 5.74) is 1.81. The maximum absolute atomic E-state index is 12.6. The van der Waals surface area contributed by atoms with Gasteiger partial charge in [-0.05, 0) is 33.6 Å². The van der Waals surface area contributed by atoms with Crippen LogP contribution in [0.25, 0.3) is 0 Å². The Kier molecular flexibility index (Phi) is 4.67. The maximum atomic E-state index is 12.6. The molecule has 4 rings (SSSR count). The van der Waals surface area contributed by atoms with Gasteiger partial charge in [-0.15, -0.1) is 0 Å². The minimum Gasteiger partial charge on any atom is -0.352 e. The average Bonchev–Trinajstić information content (AvgIpc) is 3.40. The van der Waals surface area contributed by atoms with Gasteiger partial charge in [-0.2, -0.15) is 4.98 Å². The summed E-state index contributed by atoms with van der Waals surface area (Å²) in [5.74, 6) is 2.57. The predicted molar refractivity (Wildman–Crippen MR) is 98.5 cm³/mol. The average molecular weight is 371 g/mol. The molecular weight excluding hydrogens is 346 g/mol. The molecule has 0 spiro atoms. The number of anilines is 1. The van der Waals surface area contributed by atoms with Crippen LogP contribution in [0.3, 0.4) is 0 Å². The van der Waals surface area contributed by atoms with Gasteiger partial charge in [-0.25, -0.2) is 9.78 Å². The van der Waals surface area contributed by atoms with E-state index in [9.17, 15) is 4.79 Å². The number of nitrogens with one attached hydrogen (secondary N) is 1. The molecular formula is C18H25N7O2. The fourth-order valence-corrected chi connectivity index (χ4v) is 3.21. The molecule has 2 fully saturated rings. The summed E-state index contributed by atoms with van der Waals surface area (Å²) < 4.78 is 5.30. The van der Waals surface area contributed by atoms with Crippen LogP contribution in [0.4, 0.5) is 10.6 Å². The molecule has 144 valence electrons. The number of piperazine rings is 1. The molecule has 2 aromatic rings. The summed E-state index contributed by atoms with van der Waals surface area (Å²) in [5, 5.41) is 6.97. The molecule has 9 nitrogen and oxygen atoms in total. The number of carbonyl (C=O) groups is 1. The van der Waals surface area contributed by atoms with Gasteiger partial charge in [0.05, 0.1) is 11.4 Å². The van der Waals surface area contributed by atoms with Crippen LogP contribution in [-0.4, -0.2) is 57.2 Å². The van der Waals surface area contributed by atoms with Gasteiger partial charge >= 0.3 is 6.03 Å². The summed E-state index contributed by atoms with van der Waals surface area (Å²) in [4.78, 5) is 29.9. The van der Waals surface area contributed by atoms with Crippen molar-refractivity contribution in [3.8, 4) is 0 Å². The van der Waals surface area contributed by atoms with Gasteiger partial charge in [-0.1, -0.05) is 5.16 Å². The maximum Gasteiger partial charge on any atom is 0.318 e. The lowest BCUT2D eigenvalue weighted by Crippen LogP contribution is -2.52. The molecule has 1 saturated heterocycles. The Labute approximate surface area is 158 Å². The first-order valence-corrected chi connectivity index (χ1v) is 9.45. The van der Waals surface area contributed by atoms with Crippen LogP contribution in [0, 0.1) is 13.8 Å². The zero-order chi connectivity index (χ0) is 19.0. The number of hydrogen-bond donors (Lipinski definition) is 1. The van der Waals surface area contributed by atoms with Gasteiger partial charge < -0.3 is 19.6 Å². The Hall–Kier alpha value is -2.71. The van der Waals surface area contributed by atoms with Crippen molar-refractivity contribution >= 4 is 11.8 Å². The number of urea groups is 1. The van der Waals surface area contributed by atoms with Crippen molar-refractivity contribution < 1.29 is 9.32 Å². The summed E-state index contributed by atoms with van der Waals surface area (Å²) in [6.07, 6.45) is 4.01. The van der Waals surface area contributed by atoms with E-state index in [2.05, 4.69) is 30.3 Å². The first kappa shape index (κ1) is 17.7. The molecule has 0 unspecified atom stereocenters. The summed E-state index contributed by atoms with van der Waals surface area (Å²) in [7, 11) is 0. The van der Waals surface area contributed by atoms with Crippen molar-refractivity contribution in [3.05, 3.63) is 29.3 Å². The van der Waals surface area contributed by atoms with Crippen molar-refractivity contribution in [3.63, 3.8) is 0 Å². The molecule has 1 aliphatic carbocycles. The fraction of sp³-hybridized carbons (Fsp3) is 0.611.